The van der Waals surface area contributed by atoms with Crippen LogP contribution in [0.4, 0.5) is 15.8 Å². The molecule has 2 aromatic carbocycles. The summed E-state index contributed by atoms with van der Waals surface area (Å²) >= 11 is 0. The summed E-state index contributed by atoms with van der Waals surface area (Å²) in [5, 5.41) is 14.3. The molecule has 0 radical (unpaired) electrons. The number of aromatic nitrogens is 1. The van der Waals surface area contributed by atoms with Crippen LogP contribution in [0, 0.1) is 22.9 Å². The van der Waals surface area contributed by atoms with Crippen LogP contribution in [0.1, 0.15) is 22.9 Å². The van der Waals surface area contributed by atoms with E-state index < -0.39 is 4.92 Å². The van der Waals surface area contributed by atoms with Crippen molar-refractivity contribution in [3.8, 4) is 0 Å². The quantitative estimate of drug-likeness (QED) is 0.544. The lowest BCUT2D eigenvalue weighted by molar-refractivity contribution is -0.385. The van der Waals surface area contributed by atoms with Crippen molar-refractivity contribution < 1.29 is 9.31 Å². The Hall–Kier alpha value is -3.28. The number of benzene rings is 2. The minimum atomic E-state index is -0.415. The molecule has 1 unspecified atom stereocenters. The molecule has 1 N–H and O–H groups in total. The zero-order valence-electron chi connectivity index (χ0n) is 13.5. The van der Waals surface area contributed by atoms with Gasteiger partial charge in [0.2, 0.25) is 0 Å². The molecule has 0 saturated heterocycles. The number of hydrogen-bond acceptors (Lipinski definition) is 4. The van der Waals surface area contributed by atoms with Gasteiger partial charge in [-0.25, -0.2) is 4.39 Å². The third-order valence-corrected chi connectivity index (χ3v) is 3.87. The molecule has 3 aromatic rings. The van der Waals surface area contributed by atoms with Gasteiger partial charge in [-0.15, -0.1) is 0 Å². The van der Waals surface area contributed by atoms with Crippen LogP contribution in [0.3, 0.4) is 0 Å². The van der Waals surface area contributed by atoms with Gasteiger partial charge in [-0.1, -0.05) is 18.2 Å². The first-order valence-corrected chi connectivity index (χ1v) is 7.72. The van der Waals surface area contributed by atoms with Gasteiger partial charge >= 0.3 is 0 Å². The van der Waals surface area contributed by atoms with Gasteiger partial charge in [0.15, 0.2) is 0 Å². The van der Waals surface area contributed by atoms with Gasteiger partial charge in [0.05, 0.1) is 16.7 Å². The average molecular weight is 337 g/mol. The van der Waals surface area contributed by atoms with Crippen LogP contribution in [0.25, 0.3) is 0 Å². The van der Waals surface area contributed by atoms with Crippen molar-refractivity contribution in [3.63, 3.8) is 0 Å². The Morgan fingerprint density at radius 1 is 1.12 bits per heavy atom. The summed E-state index contributed by atoms with van der Waals surface area (Å²) in [6.45, 7) is 1.68. The summed E-state index contributed by atoms with van der Waals surface area (Å²) in [6, 6.07) is 16.2. The van der Waals surface area contributed by atoms with Gasteiger partial charge in [0.25, 0.3) is 5.69 Å². The molecule has 0 aliphatic heterocycles. The summed E-state index contributed by atoms with van der Waals surface area (Å²) in [4.78, 5) is 14.9. The number of nitrogens with one attached hydrogen (secondary N) is 1. The maximum atomic E-state index is 13.7. The molecule has 0 saturated carbocycles. The molecular formula is C19H16FN3O2. The molecule has 126 valence electrons. The second-order valence-corrected chi connectivity index (χ2v) is 5.65. The molecule has 0 bridgehead atoms. The Balaban J connectivity index is 1.98. The molecule has 0 aliphatic carbocycles. The molecular weight excluding hydrogens is 321 g/mol. The van der Waals surface area contributed by atoms with Crippen molar-refractivity contribution in [2.75, 3.05) is 5.32 Å². The van der Waals surface area contributed by atoms with E-state index in [2.05, 4.69) is 10.3 Å². The lowest BCUT2D eigenvalue weighted by atomic mass is 10.0. The van der Waals surface area contributed by atoms with Gasteiger partial charge in [0.1, 0.15) is 5.82 Å². The Bertz CT molecular complexity index is 900. The minimum Gasteiger partial charge on any atom is -0.373 e. The number of pyridine rings is 1. The number of anilines is 1. The second-order valence-electron chi connectivity index (χ2n) is 5.65. The van der Waals surface area contributed by atoms with E-state index in [1.165, 1.54) is 18.2 Å². The number of halogens is 1. The molecule has 1 atom stereocenters. The molecule has 0 aliphatic rings. The number of aryl methyl sites for hydroxylation is 1. The largest absolute Gasteiger partial charge is 0.373 e. The van der Waals surface area contributed by atoms with Crippen LogP contribution in [0.5, 0.6) is 0 Å². The van der Waals surface area contributed by atoms with Crippen LogP contribution in [0.2, 0.25) is 0 Å². The summed E-state index contributed by atoms with van der Waals surface area (Å²) in [6.07, 6.45) is 1.67. The molecule has 1 aromatic heterocycles. The van der Waals surface area contributed by atoms with Crippen LogP contribution in [-0.2, 0) is 0 Å². The van der Waals surface area contributed by atoms with E-state index >= 15 is 0 Å². The van der Waals surface area contributed by atoms with Crippen molar-refractivity contribution in [1.29, 1.82) is 0 Å². The van der Waals surface area contributed by atoms with E-state index in [0.717, 1.165) is 11.3 Å². The summed E-state index contributed by atoms with van der Waals surface area (Å²) in [5.41, 5.74) is 2.75. The number of nitro benzene ring substituents is 1. The Morgan fingerprint density at radius 2 is 1.96 bits per heavy atom. The highest BCUT2D eigenvalue weighted by atomic mass is 19.1. The van der Waals surface area contributed by atoms with Crippen LogP contribution in [-0.4, -0.2) is 9.91 Å². The molecule has 1 heterocycles. The predicted octanol–water partition coefficient (Wildman–Crippen LogP) is 4.64. The maximum absolute atomic E-state index is 13.7. The van der Waals surface area contributed by atoms with Gasteiger partial charge in [-0.2, -0.15) is 0 Å². The van der Waals surface area contributed by atoms with E-state index in [9.17, 15) is 14.5 Å². The summed E-state index contributed by atoms with van der Waals surface area (Å²) < 4.78 is 13.7. The Kier molecular flexibility index (Phi) is 4.70. The van der Waals surface area contributed by atoms with Crippen LogP contribution in [0.15, 0.2) is 66.9 Å². The zero-order chi connectivity index (χ0) is 17.8. The minimum absolute atomic E-state index is 0.0608. The first-order chi connectivity index (χ1) is 12.0. The van der Waals surface area contributed by atoms with Crippen molar-refractivity contribution in [1.82, 2.24) is 4.98 Å². The molecule has 0 spiro atoms. The van der Waals surface area contributed by atoms with E-state index in [1.807, 2.05) is 24.3 Å². The second kappa shape index (κ2) is 7.09. The normalized spacial score (nSPS) is 11.8. The molecule has 0 fully saturated rings. The fraction of sp³-hybridized carbons (Fsp3) is 0.105. The van der Waals surface area contributed by atoms with Gasteiger partial charge < -0.3 is 5.32 Å². The highest BCUT2D eigenvalue weighted by molar-refractivity contribution is 5.55. The van der Waals surface area contributed by atoms with E-state index in [0.29, 0.717) is 11.3 Å². The molecule has 0 amide bonds. The fourth-order valence-corrected chi connectivity index (χ4v) is 2.68. The Labute approximate surface area is 144 Å². The van der Waals surface area contributed by atoms with Gasteiger partial charge in [0, 0.05) is 23.5 Å². The topological polar surface area (TPSA) is 68.1 Å². The standard InChI is InChI=1S/C19H16FN3O2/c1-13-11-16(8-9-18(13)23(24)25)22-19(17-7-2-3-10-21-17)14-5-4-6-15(20)12-14/h2-12,19,22H,1H3. The number of nitrogens with zero attached hydrogens (tertiary/aromatic N) is 2. The highest BCUT2D eigenvalue weighted by Crippen LogP contribution is 2.28. The average Bonchev–Trinajstić information content (AvgIpc) is 2.60. The van der Waals surface area contributed by atoms with E-state index in [4.69, 9.17) is 0 Å². The number of hydrogen-bond donors (Lipinski definition) is 1. The van der Waals surface area contributed by atoms with Crippen molar-refractivity contribution in [2.45, 2.75) is 13.0 Å². The van der Waals surface area contributed by atoms with Crippen molar-refractivity contribution >= 4 is 11.4 Å². The summed E-state index contributed by atoms with van der Waals surface area (Å²) in [5.74, 6) is -0.333. The third kappa shape index (κ3) is 3.80. The van der Waals surface area contributed by atoms with E-state index in [-0.39, 0.29) is 17.5 Å². The molecule has 6 heteroatoms. The first-order valence-electron chi connectivity index (χ1n) is 7.72. The molecule has 3 rings (SSSR count). The predicted molar refractivity (Wildman–Crippen MR) is 93.9 cm³/mol. The van der Waals surface area contributed by atoms with E-state index in [1.54, 1.807) is 31.3 Å². The third-order valence-electron chi connectivity index (χ3n) is 3.87. The summed E-state index contributed by atoms with van der Waals surface area (Å²) in [7, 11) is 0. The first kappa shape index (κ1) is 16.6. The van der Waals surface area contributed by atoms with Crippen molar-refractivity contribution in [2.24, 2.45) is 0 Å². The number of nitro groups is 1. The Morgan fingerprint density at radius 3 is 2.60 bits per heavy atom. The zero-order valence-corrected chi connectivity index (χ0v) is 13.5. The van der Waals surface area contributed by atoms with Crippen molar-refractivity contribution in [3.05, 3.63) is 99.6 Å². The SMILES string of the molecule is Cc1cc(NC(c2cccc(F)c2)c2ccccn2)ccc1[N+](=O)[O-]. The molecule has 25 heavy (non-hydrogen) atoms. The lowest BCUT2D eigenvalue weighted by Gasteiger charge is -2.20. The van der Waals surface area contributed by atoms with Crippen LogP contribution < -0.4 is 5.32 Å². The van der Waals surface area contributed by atoms with Gasteiger partial charge in [-0.3, -0.25) is 15.1 Å². The van der Waals surface area contributed by atoms with Crippen LogP contribution >= 0.6 is 0 Å². The van der Waals surface area contributed by atoms with Gasteiger partial charge in [-0.05, 0) is 48.9 Å². The smallest absolute Gasteiger partial charge is 0.272 e. The lowest BCUT2D eigenvalue weighted by Crippen LogP contribution is -2.14. The monoisotopic (exact) mass is 337 g/mol. The molecule has 5 nitrogen and oxygen atoms in total. The maximum Gasteiger partial charge on any atom is 0.272 e. The highest BCUT2D eigenvalue weighted by Gasteiger charge is 2.17. The fourth-order valence-electron chi connectivity index (χ4n) is 2.68. The number of rotatable bonds is 5.